The van der Waals surface area contributed by atoms with Crippen molar-refractivity contribution in [1.82, 2.24) is 9.88 Å². The predicted molar refractivity (Wildman–Crippen MR) is 83.0 cm³/mol. The van der Waals surface area contributed by atoms with E-state index in [1.807, 2.05) is 30.3 Å². The summed E-state index contributed by atoms with van der Waals surface area (Å²) in [6.07, 6.45) is 0. The number of hydrogen-bond donors (Lipinski definition) is 1. The van der Waals surface area contributed by atoms with Crippen LogP contribution in [0.1, 0.15) is 16.3 Å². The smallest absolute Gasteiger partial charge is 0.238 e. The van der Waals surface area contributed by atoms with Crippen molar-refractivity contribution in [3.8, 4) is 6.07 Å². The maximum Gasteiger partial charge on any atom is 0.238 e. The van der Waals surface area contributed by atoms with Crippen molar-refractivity contribution in [3.63, 3.8) is 0 Å². The Bertz CT molecular complexity index is 657. The number of nitrogens with zero attached hydrogens (tertiary/aromatic N) is 3. The van der Waals surface area contributed by atoms with Crippen LogP contribution in [0.25, 0.3) is 0 Å². The van der Waals surface area contributed by atoms with Gasteiger partial charge in [-0.05, 0) is 38.2 Å². The van der Waals surface area contributed by atoms with Gasteiger partial charge in [-0.1, -0.05) is 0 Å². The molecule has 1 heterocycles. The van der Waals surface area contributed by atoms with Gasteiger partial charge in [0.15, 0.2) is 0 Å². The second-order valence-corrected chi connectivity index (χ2v) is 5.83. The minimum atomic E-state index is -0.0887. The Hall–Kier alpha value is -2.23. The molecule has 0 saturated heterocycles. The quantitative estimate of drug-likeness (QED) is 0.920. The minimum Gasteiger partial charge on any atom is -0.325 e. The summed E-state index contributed by atoms with van der Waals surface area (Å²) < 4.78 is 0. The maximum atomic E-state index is 11.9. The van der Waals surface area contributed by atoms with E-state index in [1.54, 1.807) is 35.6 Å². The van der Waals surface area contributed by atoms with Gasteiger partial charge in [-0.2, -0.15) is 5.26 Å². The number of anilines is 1. The Balaban J connectivity index is 1.84. The number of aromatic nitrogens is 1. The molecule has 0 atom stereocenters. The molecule has 0 saturated carbocycles. The van der Waals surface area contributed by atoms with E-state index in [2.05, 4.69) is 10.3 Å². The molecule has 6 heteroatoms. The summed E-state index contributed by atoms with van der Waals surface area (Å²) in [5.74, 6) is -0.0887. The zero-order valence-corrected chi connectivity index (χ0v) is 12.8. The molecule has 0 fully saturated rings. The van der Waals surface area contributed by atoms with Crippen LogP contribution in [0, 0.1) is 18.3 Å². The summed E-state index contributed by atoms with van der Waals surface area (Å²) in [4.78, 5) is 18.2. The lowest BCUT2D eigenvalue weighted by molar-refractivity contribution is -0.117. The van der Waals surface area contributed by atoms with Gasteiger partial charge in [0.2, 0.25) is 5.91 Å². The fraction of sp³-hybridized carbons (Fsp3) is 0.267. The summed E-state index contributed by atoms with van der Waals surface area (Å²) in [5, 5.41) is 14.6. The third-order valence-corrected chi connectivity index (χ3v) is 3.63. The number of hydrogen-bond acceptors (Lipinski definition) is 5. The van der Waals surface area contributed by atoms with Gasteiger partial charge in [-0.15, -0.1) is 11.3 Å². The van der Waals surface area contributed by atoms with Crippen molar-refractivity contribution < 1.29 is 4.79 Å². The number of amides is 1. The van der Waals surface area contributed by atoms with Crippen LogP contribution in [0.15, 0.2) is 29.6 Å². The second kappa shape index (κ2) is 6.97. The Kier molecular flexibility index (Phi) is 5.04. The highest BCUT2D eigenvalue weighted by Crippen LogP contribution is 2.11. The topological polar surface area (TPSA) is 69.0 Å². The molecular weight excluding hydrogens is 284 g/mol. The van der Waals surface area contributed by atoms with Crippen molar-refractivity contribution in [3.05, 3.63) is 45.9 Å². The summed E-state index contributed by atoms with van der Waals surface area (Å²) in [6, 6.07) is 8.84. The number of likely N-dealkylation sites (N-methyl/N-ethyl adjacent to an activating group) is 1. The molecule has 0 radical (unpaired) electrons. The number of carbonyl (C=O) groups is 1. The van der Waals surface area contributed by atoms with E-state index in [0.717, 1.165) is 10.7 Å². The molecule has 0 spiro atoms. The highest BCUT2D eigenvalue weighted by atomic mass is 32.1. The lowest BCUT2D eigenvalue weighted by Crippen LogP contribution is -2.29. The number of rotatable bonds is 5. The van der Waals surface area contributed by atoms with Crippen molar-refractivity contribution in [1.29, 1.82) is 5.26 Å². The van der Waals surface area contributed by atoms with Gasteiger partial charge in [0.25, 0.3) is 0 Å². The Morgan fingerprint density at radius 3 is 2.71 bits per heavy atom. The highest BCUT2D eigenvalue weighted by molar-refractivity contribution is 7.09. The lowest BCUT2D eigenvalue weighted by Gasteiger charge is -2.15. The number of nitriles is 1. The average Bonchev–Trinajstić information content (AvgIpc) is 2.84. The standard InChI is InChI=1S/C15H16N4OS/c1-11-17-14(10-21-11)8-19(2)9-15(20)18-13-5-3-12(7-16)4-6-13/h3-6,10H,8-9H2,1-2H3,(H,18,20). The number of nitrogens with one attached hydrogen (secondary N) is 1. The van der Waals surface area contributed by atoms with E-state index in [-0.39, 0.29) is 12.5 Å². The largest absolute Gasteiger partial charge is 0.325 e. The SMILES string of the molecule is Cc1nc(CN(C)CC(=O)Nc2ccc(C#N)cc2)cs1. The molecule has 0 aliphatic rings. The Labute approximate surface area is 127 Å². The van der Waals surface area contributed by atoms with Crippen molar-refractivity contribution >= 4 is 22.9 Å². The molecule has 0 unspecified atom stereocenters. The van der Waals surface area contributed by atoms with E-state index in [1.165, 1.54) is 0 Å². The normalized spacial score (nSPS) is 10.4. The third kappa shape index (κ3) is 4.67. The number of thiazole rings is 1. The first-order chi connectivity index (χ1) is 10.1. The first-order valence-electron chi connectivity index (χ1n) is 6.46. The van der Waals surface area contributed by atoms with Crippen LogP contribution in [-0.2, 0) is 11.3 Å². The molecule has 5 nitrogen and oxygen atoms in total. The molecule has 108 valence electrons. The maximum absolute atomic E-state index is 11.9. The molecule has 0 aliphatic carbocycles. The summed E-state index contributed by atoms with van der Waals surface area (Å²) >= 11 is 1.61. The lowest BCUT2D eigenvalue weighted by atomic mass is 10.2. The van der Waals surface area contributed by atoms with E-state index in [4.69, 9.17) is 5.26 Å². The zero-order chi connectivity index (χ0) is 15.2. The monoisotopic (exact) mass is 300 g/mol. The first-order valence-corrected chi connectivity index (χ1v) is 7.34. The van der Waals surface area contributed by atoms with E-state index >= 15 is 0 Å². The van der Waals surface area contributed by atoms with Crippen molar-refractivity contribution in [2.75, 3.05) is 18.9 Å². The Morgan fingerprint density at radius 2 is 2.14 bits per heavy atom. The average molecular weight is 300 g/mol. The second-order valence-electron chi connectivity index (χ2n) is 4.77. The summed E-state index contributed by atoms with van der Waals surface area (Å²) in [7, 11) is 1.88. The molecule has 0 aliphatic heterocycles. The number of benzene rings is 1. The van der Waals surface area contributed by atoms with Crippen molar-refractivity contribution in [2.45, 2.75) is 13.5 Å². The molecule has 1 aromatic heterocycles. The minimum absolute atomic E-state index is 0.0887. The van der Waals surface area contributed by atoms with E-state index in [0.29, 0.717) is 17.8 Å². The van der Waals surface area contributed by atoms with Gasteiger partial charge in [-0.3, -0.25) is 9.69 Å². The Morgan fingerprint density at radius 1 is 1.43 bits per heavy atom. The number of aryl methyl sites for hydroxylation is 1. The van der Waals surface area contributed by atoms with Crippen LogP contribution in [0.5, 0.6) is 0 Å². The zero-order valence-electron chi connectivity index (χ0n) is 12.0. The van der Waals surface area contributed by atoms with Crippen LogP contribution in [-0.4, -0.2) is 29.4 Å². The van der Waals surface area contributed by atoms with Crippen LogP contribution >= 0.6 is 11.3 Å². The summed E-state index contributed by atoms with van der Waals surface area (Å²) in [6.45, 7) is 2.90. The molecule has 2 aromatic rings. The first kappa shape index (κ1) is 15.2. The van der Waals surface area contributed by atoms with Crippen molar-refractivity contribution in [2.24, 2.45) is 0 Å². The molecule has 1 amide bonds. The van der Waals surface area contributed by atoms with Gasteiger partial charge in [0, 0.05) is 17.6 Å². The fourth-order valence-electron chi connectivity index (χ4n) is 1.89. The molecule has 1 aromatic carbocycles. The molecule has 21 heavy (non-hydrogen) atoms. The van der Waals surface area contributed by atoms with E-state index in [9.17, 15) is 4.79 Å². The highest BCUT2D eigenvalue weighted by Gasteiger charge is 2.09. The van der Waals surface area contributed by atoms with Gasteiger partial charge < -0.3 is 5.32 Å². The van der Waals surface area contributed by atoms with Crippen LogP contribution in [0.2, 0.25) is 0 Å². The van der Waals surface area contributed by atoms with Gasteiger partial charge in [-0.25, -0.2) is 4.98 Å². The summed E-state index contributed by atoms with van der Waals surface area (Å²) in [5.41, 5.74) is 2.24. The molecule has 2 rings (SSSR count). The fourth-order valence-corrected chi connectivity index (χ4v) is 2.49. The molecule has 1 N–H and O–H groups in total. The molecular formula is C15H16N4OS. The van der Waals surface area contributed by atoms with Gasteiger partial charge >= 0.3 is 0 Å². The predicted octanol–water partition coefficient (Wildman–Crippen LogP) is 2.39. The molecule has 0 bridgehead atoms. The van der Waals surface area contributed by atoms with Crippen LogP contribution in [0.4, 0.5) is 5.69 Å². The van der Waals surface area contributed by atoms with Gasteiger partial charge in [0.05, 0.1) is 28.9 Å². The van der Waals surface area contributed by atoms with E-state index < -0.39 is 0 Å². The number of carbonyl (C=O) groups excluding carboxylic acids is 1. The van der Waals surface area contributed by atoms with Crippen LogP contribution < -0.4 is 5.32 Å². The van der Waals surface area contributed by atoms with Crippen LogP contribution in [0.3, 0.4) is 0 Å². The van der Waals surface area contributed by atoms with Gasteiger partial charge in [0.1, 0.15) is 0 Å². The third-order valence-electron chi connectivity index (χ3n) is 2.81.